The van der Waals surface area contributed by atoms with Crippen LogP contribution in [-0.4, -0.2) is 23.5 Å². The molecule has 9 heteroatoms. The summed E-state index contributed by atoms with van der Waals surface area (Å²) in [5.74, 6) is -0.412. The van der Waals surface area contributed by atoms with Gasteiger partial charge in [0.15, 0.2) is 0 Å². The van der Waals surface area contributed by atoms with Crippen LogP contribution in [-0.2, 0) is 10.1 Å². The standard InChI is InChI=1S/C28H17F3N2O3S/c29-28(30,31)37(34,35)36-22-10-13-23-19(15-22)9-12-25-24-11-8-18(20-5-4-14-32-17-20)16-26(24)33(27(23)25)21-6-2-1-3-7-21/h1-17H. The molecule has 2 heterocycles. The maximum atomic E-state index is 12.8. The van der Waals surface area contributed by atoms with Gasteiger partial charge in [-0.3, -0.25) is 4.98 Å². The van der Waals surface area contributed by atoms with E-state index in [1.807, 2.05) is 60.7 Å². The quantitative estimate of drug-likeness (QED) is 0.183. The van der Waals surface area contributed by atoms with Crippen molar-refractivity contribution in [3.8, 4) is 22.6 Å². The molecule has 0 fully saturated rings. The van der Waals surface area contributed by atoms with Gasteiger partial charge in [0.25, 0.3) is 0 Å². The molecule has 6 rings (SSSR count). The van der Waals surface area contributed by atoms with Crippen LogP contribution in [0.25, 0.3) is 49.4 Å². The lowest BCUT2D eigenvalue weighted by molar-refractivity contribution is -0.0500. The Hall–Kier alpha value is -4.37. The lowest BCUT2D eigenvalue weighted by atomic mass is 10.0. The number of halogens is 3. The molecular weight excluding hydrogens is 501 g/mol. The fourth-order valence-electron chi connectivity index (χ4n) is 4.60. The molecule has 0 unspecified atom stereocenters. The molecule has 37 heavy (non-hydrogen) atoms. The second-order valence-corrected chi connectivity index (χ2v) is 10.0. The Morgan fingerprint density at radius 3 is 2.24 bits per heavy atom. The van der Waals surface area contributed by atoms with E-state index in [2.05, 4.69) is 19.8 Å². The summed E-state index contributed by atoms with van der Waals surface area (Å²) in [5.41, 5.74) is -0.886. The number of hydrogen-bond donors (Lipinski definition) is 0. The molecule has 0 aliphatic heterocycles. The summed E-state index contributed by atoms with van der Waals surface area (Å²) in [5, 5.41) is 3.21. The van der Waals surface area contributed by atoms with Crippen LogP contribution in [0, 0.1) is 0 Å². The molecule has 0 saturated carbocycles. The summed E-state index contributed by atoms with van der Waals surface area (Å²) in [6.07, 6.45) is 3.51. The zero-order valence-electron chi connectivity index (χ0n) is 19.0. The van der Waals surface area contributed by atoms with E-state index in [-0.39, 0.29) is 0 Å². The van der Waals surface area contributed by atoms with E-state index in [1.54, 1.807) is 24.5 Å². The molecule has 5 nitrogen and oxygen atoms in total. The van der Waals surface area contributed by atoms with Crippen LogP contribution < -0.4 is 4.18 Å². The molecule has 0 saturated heterocycles. The summed E-state index contributed by atoms with van der Waals surface area (Å²) in [4.78, 5) is 4.22. The van der Waals surface area contributed by atoms with Crippen molar-refractivity contribution in [2.24, 2.45) is 0 Å². The van der Waals surface area contributed by atoms with Gasteiger partial charge in [-0.2, -0.15) is 21.6 Å². The first-order valence-electron chi connectivity index (χ1n) is 11.2. The topological polar surface area (TPSA) is 61.2 Å². The third kappa shape index (κ3) is 3.88. The largest absolute Gasteiger partial charge is 0.534 e. The molecule has 0 amide bonds. The van der Waals surface area contributed by atoms with Crippen LogP contribution in [0.15, 0.2) is 103 Å². The third-order valence-corrected chi connectivity index (χ3v) is 7.19. The SMILES string of the molecule is O=S(=O)(Oc1ccc2c(ccc3c4ccc(-c5cccnc5)cc4n(-c4ccccc4)c23)c1)C(F)(F)F. The summed E-state index contributed by atoms with van der Waals surface area (Å²) in [6, 6.07) is 27.5. The van der Waals surface area contributed by atoms with E-state index in [9.17, 15) is 21.6 Å². The summed E-state index contributed by atoms with van der Waals surface area (Å²) in [6.45, 7) is 0. The van der Waals surface area contributed by atoms with E-state index in [0.29, 0.717) is 5.39 Å². The highest BCUT2D eigenvalue weighted by atomic mass is 32.2. The highest BCUT2D eigenvalue weighted by Crippen LogP contribution is 2.39. The number of para-hydroxylation sites is 1. The minimum atomic E-state index is -5.78. The molecule has 0 atom stereocenters. The lowest BCUT2D eigenvalue weighted by Crippen LogP contribution is -2.28. The Morgan fingerprint density at radius 2 is 1.51 bits per heavy atom. The van der Waals surface area contributed by atoms with Crippen LogP contribution in [0.3, 0.4) is 0 Å². The number of benzene rings is 4. The Morgan fingerprint density at radius 1 is 0.757 bits per heavy atom. The number of aromatic nitrogens is 2. The van der Waals surface area contributed by atoms with Crippen molar-refractivity contribution >= 4 is 42.7 Å². The van der Waals surface area contributed by atoms with Crippen LogP contribution in [0.2, 0.25) is 0 Å². The van der Waals surface area contributed by atoms with Gasteiger partial charge < -0.3 is 8.75 Å². The van der Waals surface area contributed by atoms with Gasteiger partial charge in [-0.25, -0.2) is 0 Å². The Bertz CT molecular complexity index is 1900. The van der Waals surface area contributed by atoms with E-state index in [0.717, 1.165) is 44.0 Å². The molecule has 0 bridgehead atoms. The van der Waals surface area contributed by atoms with Crippen molar-refractivity contribution in [1.29, 1.82) is 0 Å². The van der Waals surface area contributed by atoms with Crippen molar-refractivity contribution in [2.45, 2.75) is 5.51 Å². The number of alkyl halides is 3. The molecule has 0 spiro atoms. The van der Waals surface area contributed by atoms with Gasteiger partial charge in [-0.1, -0.05) is 48.5 Å². The molecule has 6 aromatic rings. The molecule has 0 aliphatic carbocycles. The molecule has 2 aromatic heterocycles. The fourth-order valence-corrected chi connectivity index (χ4v) is 5.05. The normalized spacial score (nSPS) is 12.4. The monoisotopic (exact) mass is 518 g/mol. The molecule has 4 aromatic carbocycles. The molecule has 184 valence electrons. The minimum absolute atomic E-state index is 0.412. The highest BCUT2D eigenvalue weighted by Gasteiger charge is 2.48. The number of pyridine rings is 1. The van der Waals surface area contributed by atoms with Crippen LogP contribution in [0.4, 0.5) is 13.2 Å². The van der Waals surface area contributed by atoms with E-state index in [4.69, 9.17) is 0 Å². The number of rotatable bonds is 4. The first-order chi connectivity index (χ1) is 17.7. The van der Waals surface area contributed by atoms with Crippen molar-refractivity contribution in [2.75, 3.05) is 0 Å². The maximum absolute atomic E-state index is 12.8. The van der Waals surface area contributed by atoms with Crippen molar-refractivity contribution in [3.05, 3.63) is 103 Å². The van der Waals surface area contributed by atoms with Gasteiger partial charge in [0, 0.05) is 39.8 Å². The van der Waals surface area contributed by atoms with Gasteiger partial charge in [-0.05, 0) is 53.4 Å². The van der Waals surface area contributed by atoms with Gasteiger partial charge in [0.1, 0.15) is 5.75 Å². The fraction of sp³-hybridized carbons (Fsp3) is 0.0357. The second kappa shape index (κ2) is 8.35. The summed E-state index contributed by atoms with van der Waals surface area (Å²) < 4.78 is 68.0. The van der Waals surface area contributed by atoms with Crippen LogP contribution in [0.1, 0.15) is 0 Å². The van der Waals surface area contributed by atoms with E-state index >= 15 is 0 Å². The van der Waals surface area contributed by atoms with E-state index in [1.165, 1.54) is 12.1 Å². The van der Waals surface area contributed by atoms with Gasteiger partial charge in [0.05, 0.1) is 11.0 Å². The third-order valence-electron chi connectivity index (χ3n) is 6.21. The maximum Gasteiger partial charge on any atom is 0.534 e. The van der Waals surface area contributed by atoms with Crippen molar-refractivity contribution in [1.82, 2.24) is 9.55 Å². The predicted octanol–water partition coefficient (Wildman–Crippen LogP) is 7.23. The van der Waals surface area contributed by atoms with Gasteiger partial charge in [0.2, 0.25) is 0 Å². The van der Waals surface area contributed by atoms with E-state index < -0.39 is 21.4 Å². The Kier molecular flexibility index (Phi) is 5.20. The van der Waals surface area contributed by atoms with Crippen LogP contribution >= 0.6 is 0 Å². The predicted molar refractivity (Wildman–Crippen MR) is 137 cm³/mol. The van der Waals surface area contributed by atoms with Crippen molar-refractivity contribution < 1.29 is 25.8 Å². The number of fused-ring (bicyclic) bond motifs is 5. The average molecular weight is 519 g/mol. The smallest absolute Gasteiger partial charge is 0.376 e. The van der Waals surface area contributed by atoms with Gasteiger partial charge in [-0.15, -0.1) is 0 Å². The molecule has 0 aliphatic rings. The minimum Gasteiger partial charge on any atom is -0.376 e. The highest BCUT2D eigenvalue weighted by molar-refractivity contribution is 7.88. The first kappa shape index (κ1) is 23.1. The summed E-state index contributed by atoms with van der Waals surface area (Å²) >= 11 is 0. The summed E-state index contributed by atoms with van der Waals surface area (Å²) in [7, 11) is -5.78. The average Bonchev–Trinajstić information content (AvgIpc) is 3.22. The lowest BCUT2D eigenvalue weighted by Gasteiger charge is -2.12. The first-order valence-corrected chi connectivity index (χ1v) is 12.6. The molecule has 0 radical (unpaired) electrons. The number of hydrogen-bond acceptors (Lipinski definition) is 4. The van der Waals surface area contributed by atoms with Gasteiger partial charge >= 0.3 is 15.6 Å². The second-order valence-electron chi connectivity index (χ2n) is 8.47. The Balaban J connectivity index is 1.63. The molecule has 0 N–H and O–H groups in total. The number of nitrogens with zero attached hydrogens (tertiary/aromatic N) is 2. The Labute approximate surface area is 209 Å². The van der Waals surface area contributed by atoms with Crippen LogP contribution in [0.5, 0.6) is 5.75 Å². The molecular formula is C28H17F3N2O3S. The zero-order valence-corrected chi connectivity index (χ0v) is 19.8. The van der Waals surface area contributed by atoms with Crippen molar-refractivity contribution in [3.63, 3.8) is 0 Å². The zero-order chi connectivity index (χ0) is 25.8.